The molecule has 2 N–H and O–H groups in total. The number of nitrogens with one attached hydrogen (secondary N) is 2. The minimum absolute atomic E-state index is 0.216. The molecule has 0 saturated carbocycles. The van der Waals surface area contributed by atoms with Gasteiger partial charge in [0.15, 0.2) is 5.11 Å². The minimum Gasteiger partial charge on any atom is -0.468 e. The lowest BCUT2D eigenvalue weighted by Crippen LogP contribution is -2.41. The number of piperidine rings is 1. The first-order valence-electron chi connectivity index (χ1n) is 9.03. The van der Waals surface area contributed by atoms with Gasteiger partial charge in [-0.05, 0) is 81.3 Å². The third kappa shape index (κ3) is 4.61. The fraction of sp³-hybridized carbons (Fsp3) is 0.450. The van der Waals surface area contributed by atoms with E-state index < -0.39 is 0 Å². The molecule has 1 aliphatic rings. The Labute approximate surface area is 155 Å². The van der Waals surface area contributed by atoms with Crippen LogP contribution in [0.5, 0.6) is 0 Å². The molecule has 0 spiro atoms. The van der Waals surface area contributed by atoms with Crippen LogP contribution in [0.25, 0.3) is 0 Å². The van der Waals surface area contributed by atoms with Gasteiger partial charge in [-0.3, -0.25) is 4.90 Å². The smallest absolute Gasteiger partial charge is 0.170 e. The number of furan rings is 1. The molecule has 3 rings (SSSR count). The number of aryl methyl sites for hydroxylation is 1. The molecule has 1 fully saturated rings. The van der Waals surface area contributed by atoms with Gasteiger partial charge >= 0.3 is 0 Å². The first-order valence-corrected chi connectivity index (χ1v) is 9.44. The number of hydrogen-bond acceptors (Lipinski definition) is 3. The number of nitrogens with zero attached hydrogens (tertiary/aromatic N) is 1. The van der Waals surface area contributed by atoms with Gasteiger partial charge in [0.2, 0.25) is 0 Å². The molecule has 0 unspecified atom stereocenters. The molecule has 1 saturated heterocycles. The van der Waals surface area contributed by atoms with E-state index >= 15 is 0 Å². The topological polar surface area (TPSA) is 40.4 Å². The maximum atomic E-state index is 5.69. The van der Waals surface area contributed by atoms with Crippen molar-refractivity contribution < 1.29 is 4.42 Å². The number of hydrogen-bond donors (Lipinski definition) is 2. The maximum Gasteiger partial charge on any atom is 0.170 e. The van der Waals surface area contributed by atoms with Crippen molar-refractivity contribution in [3.05, 3.63) is 53.5 Å². The van der Waals surface area contributed by atoms with Crippen molar-refractivity contribution in [1.29, 1.82) is 0 Å². The molecule has 2 heterocycles. The normalized spacial score (nSPS) is 16.4. The molecule has 134 valence electrons. The second-order valence-corrected chi connectivity index (χ2v) is 7.12. The van der Waals surface area contributed by atoms with Crippen LogP contribution in [0.2, 0.25) is 0 Å². The zero-order chi connectivity index (χ0) is 17.6. The second kappa shape index (κ2) is 8.50. The molecule has 5 heteroatoms. The predicted molar refractivity (Wildman–Crippen MR) is 107 cm³/mol. The fourth-order valence-electron chi connectivity index (χ4n) is 3.36. The van der Waals surface area contributed by atoms with Crippen molar-refractivity contribution in [3.8, 4) is 0 Å². The van der Waals surface area contributed by atoms with Gasteiger partial charge in [0, 0.05) is 12.2 Å². The van der Waals surface area contributed by atoms with E-state index in [1.54, 1.807) is 6.26 Å². The van der Waals surface area contributed by atoms with Gasteiger partial charge in [-0.2, -0.15) is 0 Å². The van der Waals surface area contributed by atoms with Crippen molar-refractivity contribution in [2.75, 3.05) is 25.0 Å². The Bertz CT molecular complexity index is 693. The van der Waals surface area contributed by atoms with Gasteiger partial charge in [0.05, 0.1) is 12.3 Å². The lowest BCUT2D eigenvalue weighted by atomic mass is 10.1. The average molecular weight is 358 g/mol. The highest BCUT2D eigenvalue weighted by molar-refractivity contribution is 7.80. The summed E-state index contributed by atoms with van der Waals surface area (Å²) in [6, 6.07) is 10.5. The highest BCUT2D eigenvalue weighted by atomic mass is 32.1. The van der Waals surface area contributed by atoms with E-state index in [1.165, 1.54) is 30.4 Å². The van der Waals surface area contributed by atoms with Gasteiger partial charge < -0.3 is 15.1 Å². The summed E-state index contributed by atoms with van der Waals surface area (Å²) in [6.45, 7) is 7.19. The molecular formula is C20H27N3OS. The van der Waals surface area contributed by atoms with E-state index in [2.05, 4.69) is 47.6 Å². The molecule has 1 aromatic carbocycles. The van der Waals surface area contributed by atoms with Gasteiger partial charge in [-0.1, -0.05) is 18.6 Å². The summed E-state index contributed by atoms with van der Waals surface area (Å²) in [4.78, 5) is 2.50. The first kappa shape index (κ1) is 18.0. The van der Waals surface area contributed by atoms with Crippen molar-refractivity contribution in [2.45, 2.75) is 39.2 Å². The number of likely N-dealkylation sites (tertiary alicyclic amines) is 1. The van der Waals surface area contributed by atoms with Gasteiger partial charge in [-0.25, -0.2) is 0 Å². The second-order valence-electron chi connectivity index (χ2n) is 6.71. The quantitative estimate of drug-likeness (QED) is 0.776. The van der Waals surface area contributed by atoms with E-state index in [0.29, 0.717) is 5.11 Å². The molecule has 2 aromatic rings. The average Bonchev–Trinajstić information content (AvgIpc) is 3.14. The van der Waals surface area contributed by atoms with E-state index in [9.17, 15) is 0 Å². The van der Waals surface area contributed by atoms with Crippen LogP contribution in [-0.4, -0.2) is 29.6 Å². The van der Waals surface area contributed by atoms with E-state index in [0.717, 1.165) is 31.1 Å². The zero-order valence-electron chi connectivity index (χ0n) is 15.0. The van der Waals surface area contributed by atoms with Gasteiger partial charge in [-0.15, -0.1) is 0 Å². The summed E-state index contributed by atoms with van der Waals surface area (Å²) >= 11 is 5.52. The van der Waals surface area contributed by atoms with Crippen LogP contribution in [-0.2, 0) is 0 Å². The van der Waals surface area contributed by atoms with Crippen LogP contribution in [0.3, 0.4) is 0 Å². The molecular weight excluding hydrogens is 330 g/mol. The molecule has 0 radical (unpaired) electrons. The van der Waals surface area contributed by atoms with Crippen LogP contribution < -0.4 is 10.6 Å². The molecule has 0 amide bonds. The van der Waals surface area contributed by atoms with E-state index in [-0.39, 0.29) is 6.04 Å². The molecule has 1 aliphatic heterocycles. The van der Waals surface area contributed by atoms with Crippen LogP contribution >= 0.6 is 12.2 Å². The van der Waals surface area contributed by atoms with Crippen LogP contribution in [0, 0.1) is 13.8 Å². The third-order valence-electron chi connectivity index (χ3n) is 5.01. The minimum atomic E-state index is 0.216. The summed E-state index contributed by atoms with van der Waals surface area (Å²) in [5.74, 6) is 1.00. The molecule has 1 atom stereocenters. The van der Waals surface area contributed by atoms with Crippen LogP contribution in [0.4, 0.5) is 5.69 Å². The highest BCUT2D eigenvalue weighted by Crippen LogP contribution is 2.24. The number of rotatable bonds is 5. The SMILES string of the molecule is Cc1cccc(NC(=S)NC[C@@H](c2ccco2)N2CCCCC2)c1C. The predicted octanol–water partition coefficient (Wildman–Crippen LogP) is 4.41. The van der Waals surface area contributed by atoms with Crippen molar-refractivity contribution in [2.24, 2.45) is 0 Å². The highest BCUT2D eigenvalue weighted by Gasteiger charge is 2.24. The fourth-order valence-corrected chi connectivity index (χ4v) is 3.56. The van der Waals surface area contributed by atoms with Gasteiger partial charge in [0.1, 0.15) is 5.76 Å². The summed E-state index contributed by atoms with van der Waals surface area (Å²) in [7, 11) is 0. The summed E-state index contributed by atoms with van der Waals surface area (Å²) in [5, 5.41) is 7.36. The van der Waals surface area contributed by atoms with Gasteiger partial charge in [0.25, 0.3) is 0 Å². The first-order chi connectivity index (χ1) is 12.1. The molecule has 0 aliphatic carbocycles. The largest absolute Gasteiger partial charge is 0.468 e. The molecule has 4 nitrogen and oxygen atoms in total. The maximum absolute atomic E-state index is 5.69. The third-order valence-corrected chi connectivity index (χ3v) is 5.26. The monoisotopic (exact) mass is 357 g/mol. The standard InChI is InChI=1S/C20H27N3OS/c1-15-8-6-9-17(16(15)2)22-20(25)21-14-18(19-10-7-13-24-19)23-11-4-3-5-12-23/h6-10,13,18H,3-5,11-12,14H2,1-2H3,(H2,21,22,25)/t18-/m0/s1. The van der Waals surface area contributed by atoms with E-state index in [4.69, 9.17) is 16.6 Å². The summed E-state index contributed by atoms with van der Waals surface area (Å²) in [5.41, 5.74) is 3.55. The molecule has 0 bridgehead atoms. The Balaban J connectivity index is 1.62. The van der Waals surface area contributed by atoms with Crippen molar-refractivity contribution >= 4 is 23.0 Å². The Morgan fingerprint density at radius 1 is 1.16 bits per heavy atom. The Morgan fingerprint density at radius 2 is 1.96 bits per heavy atom. The van der Waals surface area contributed by atoms with Crippen LogP contribution in [0.15, 0.2) is 41.0 Å². The van der Waals surface area contributed by atoms with Crippen LogP contribution in [0.1, 0.15) is 42.2 Å². The van der Waals surface area contributed by atoms with Crippen molar-refractivity contribution in [3.63, 3.8) is 0 Å². The summed E-state index contributed by atoms with van der Waals surface area (Å²) in [6.07, 6.45) is 5.57. The number of anilines is 1. The number of benzene rings is 1. The Kier molecular flexibility index (Phi) is 6.10. The molecule has 1 aromatic heterocycles. The lowest BCUT2D eigenvalue weighted by molar-refractivity contribution is 0.146. The zero-order valence-corrected chi connectivity index (χ0v) is 15.9. The Hall–Kier alpha value is -1.85. The number of thiocarbonyl (C=S) groups is 1. The summed E-state index contributed by atoms with van der Waals surface area (Å²) < 4.78 is 5.69. The van der Waals surface area contributed by atoms with E-state index in [1.807, 2.05) is 12.1 Å². The van der Waals surface area contributed by atoms with Crippen molar-refractivity contribution in [1.82, 2.24) is 10.2 Å². The lowest BCUT2D eigenvalue weighted by Gasteiger charge is -2.33. The Morgan fingerprint density at radius 3 is 2.68 bits per heavy atom. The molecule has 25 heavy (non-hydrogen) atoms.